The first-order valence-electron chi connectivity index (χ1n) is 4.00. The Balaban J connectivity index is 3.08. The quantitative estimate of drug-likeness (QED) is 0.444. The van der Waals surface area contributed by atoms with Crippen molar-refractivity contribution in [2.75, 3.05) is 14.2 Å². The van der Waals surface area contributed by atoms with Gasteiger partial charge >= 0.3 is 5.97 Å². The maximum absolute atomic E-state index is 11.3. The minimum absolute atomic E-state index is 0.380. The van der Waals surface area contributed by atoms with Gasteiger partial charge in [0.2, 0.25) is 0 Å². The molecule has 0 saturated heterocycles. The summed E-state index contributed by atoms with van der Waals surface area (Å²) in [6, 6.07) is 5.13. The zero-order chi connectivity index (χ0) is 10.6. The summed E-state index contributed by atoms with van der Waals surface area (Å²) < 4.78 is 7.53. The number of carbonyl (C=O) groups is 1. The molecule has 1 aromatic carbocycles. The van der Waals surface area contributed by atoms with Crippen LogP contribution in [-0.2, 0) is 4.74 Å². The van der Waals surface area contributed by atoms with Crippen molar-refractivity contribution in [3.63, 3.8) is 0 Å². The summed E-state index contributed by atoms with van der Waals surface area (Å²) in [4.78, 5) is 12.1. The van der Waals surface area contributed by atoms with E-state index in [2.05, 4.69) is 9.46 Å². The second kappa shape index (κ2) is 5.07. The van der Waals surface area contributed by atoms with Crippen molar-refractivity contribution in [1.29, 1.82) is 0 Å². The van der Waals surface area contributed by atoms with Crippen molar-refractivity contribution >= 4 is 31.2 Å². The molecule has 0 bridgehead atoms. The van der Waals surface area contributed by atoms with Gasteiger partial charge in [0.05, 0.1) is 12.7 Å². The van der Waals surface area contributed by atoms with Gasteiger partial charge in [0.25, 0.3) is 0 Å². The fraction of sp³-hybridized carbons (Fsp3) is 0.222. The largest absolute Gasteiger partial charge is 0.465 e. The molecule has 0 aliphatic carbocycles. The molecule has 3 nitrogen and oxygen atoms in total. The highest BCUT2D eigenvalue weighted by Crippen LogP contribution is 2.18. The Bertz CT molecular complexity index is 344. The smallest absolute Gasteiger partial charge is 0.339 e. The van der Waals surface area contributed by atoms with Gasteiger partial charge in [-0.25, -0.2) is 4.79 Å². The lowest BCUT2D eigenvalue weighted by Gasteiger charge is -2.07. The van der Waals surface area contributed by atoms with E-state index in [1.807, 2.05) is 0 Å². The Hall–Kier alpha value is -0.935. The Morgan fingerprint density at radius 1 is 1.57 bits per heavy atom. The van der Waals surface area contributed by atoms with Crippen molar-refractivity contribution in [3.05, 3.63) is 23.8 Å². The molecular formula is C9H10BNO2S. The third kappa shape index (κ3) is 2.53. The number of hydrogen-bond acceptors (Lipinski definition) is 4. The van der Waals surface area contributed by atoms with Crippen LogP contribution in [0, 0.1) is 0 Å². The minimum Gasteiger partial charge on any atom is -0.465 e. The van der Waals surface area contributed by atoms with Crippen LogP contribution < -0.4 is 10.2 Å². The van der Waals surface area contributed by atoms with E-state index in [4.69, 9.17) is 7.85 Å². The second-order valence-corrected chi connectivity index (χ2v) is 3.61. The second-order valence-electron chi connectivity index (χ2n) is 2.55. The normalized spacial score (nSPS) is 9.86. The van der Waals surface area contributed by atoms with Gasteiger partial charge in [0.1, 0.15) is 7.85 Å². The monoisotopic (exact) mass is 207 g/mol. The number of benzene rings is 1. The van der Waals surface area contributed by atoms with Gasteiger partial charge in [-0.05, 0) is 25.1 Å². The molecule has 0 saturated carbocycles. The standard InChI is InChI=1S/C9H10BNO2S/c1-11-14-8-4-3-6(10)5-7(8)9(12)13-2/h3-5,11H,1-2H3. The Morgan fingerprint density at radius 3 is 2.86 bits per heavy atom. The zero-order valence-corrected chi connectivity index (χ0v) is 8.85. The summed E-state index contributed by atoms with van der Waals surface area (Å²) in [6.07, 6.45) is 0. The molecule has 14 heavy (non-hydrogen) atoms. The van der Waals surface area contributed by atoms with Gasteiger partial charge in [-0.1, -0.05) is 17.6 Å². The minimum atomic E-state index is -0.380. The summed E-state index contributed by atoms with van der Waals surface area (Å²) in [7, 11) is 8.71. The Labute approximate surface area is 88.8 Å². The molecule has 0 aliphatic heterocycles. The summed E-state index contributed by atoms with van der Waals surface area (Å²) in [5, 5.41) is 0. The third-order valence-electron chi connectivity index (χ3n) is 1.62. The van der Waals surface area contributed by atoms with Crippen LogP contribution in [0.1, 0.15) is 10.4 Å². The molecule has 1 aromatic rings. The van der Waals surface area contributed by atoms with Crippen LogP contribution in [0.15, 0.2) is 23.1 Å². The van der Waals surface area contributed by atoms with E-state index in [0.29, 0.717) is 11.0 Å². The summed E-state index contributed by atoms with van der Waals surface area (Å²) in [6.45, 7) is 0. The van der Waals surface area contributed by atoms with E-state index in [0.717, 1.165) is 4.90 Å². The van der Waals surface area contributed by atoms with Crippen LogP contribution in [0.5, 0.6) is 0 Å². The number of hydrogen-bond donors (Lipinski definition) is 1. The Kier molecular flexibility index (Phi) is 4.04. The molecule has 2 radical (unpaired) electrons. The van der Waals surface area contributed by atoms with Crippen LogP contribution in [0.3, 0.4) is 0 Å². The molecule has 0 atom stereocenters. The van der Waals surface area contributed by atoms with Crippen LogP contribution in [0.2, 0.25) is 0 Å². The lowest BCUT2D eigenvalue weighted by molar-refractivity contribution is 0.0597. The predicted molar refractivity (Wildman–Crippen MR) is 58.1 cm³/mol. The van der Waals surface area contributed by atoms with E-state index in [9.17, 15) is 4.79 Å². The highest BCUT2D eigenvalue weighted by Gasteiger charge is 2.11. The molecule has 0 aromatic heterocycles. The lowest BCUT2D eigenvalue weighted by atomic mass is 9.94. The topological polar surface area (TPSA) is 38.3 Å². The molecule has 0 amide bonds. The van der Waals surface area contributed by atoms with Gasteiger partial charge in [-0.2, -0.15) is 0 Å². The number of ether oxygens (including phenoxy) is 1. The van der Waals surface area contributed by atoms with Gasteiger partial charge < -0.3 is 4.74 Å². The van der Waals surface area contributed by atoms with Crippen molar-refractivity contribution in [3.8, 4) is 0 Å². The van der Waals surface area contributed by atoms with Crippen LogP contribution in [0.25, 0.3) is 0 Å². The maximum atomic E-state index is 11.3. The van der Waals surface area contributed by atoms with Crippen LogP contribution in [-0.4, -0.2) is 28.0 Å². The molecule has 72 valence electrons. The summed E-state index contributed by atoms with van der Waals surface area (Å²) >= 11 is 1.35. The Morgan fingerprint density at radius 2 is 2.29 bits per heavy atom. The van der Waals surface area contributed by atoms with Gasteiger partial charge in [-0.3, -0.25) is 4.72 Å². The first-order valence-corrected chi connectivity index (χ1v) is 4.82. The van der Waals surface area contributed by atoms with Crippen molar-refractivity contribution < 1.29 is 9.53 Å². The molecule has 0 heterocycles. The molecule has 1 N–H and O–H groups in total. The highest BCUT2D eigenvalue weighted by molar-refractivity contribution is 7.97. The van der Waals surface area contributed by atoms with E-state index < -0.39 is 0 Å². The molecule has 1 rings (SSSR count). The number of esters is 1. The zero-order valence-electron chi connectivity index (χ0n) is 8.03. The number of nitrogens with one attached hydrogen (secondary N) is 1. The fourth-order valence-electron chi connectivity index (χ4n) is 1.02. The first-order chi connectivity index (χ1) is 6.69. The average Bonchev–Trinajstić information content (AvgIpc) is 2.20. The van der Waals surface area contributed by atoms with Gasteiger partial charge in [0.15, 0.2) is 0 Å². The molecule has 0 aliphatic rings. The highest BCUT2D eigenvalue weighted by atomic mass is 32.2. The summed E-state index contributed by atoms with van der Waals surface area (Å²) in [5.74, 6) is -0.380. The SMILES string of the molecule is [B]c1ccc(SNC)c(C(=O)OC)c1. The fourth-order valence-corrected chi connectivity index (χ4v) is 1.62. The number of carbonyl (C=O) groups excluding carboxylic acids is 1. The van der Waals surface area contributed by atoms with Crippen molar-refractivity contribution in [2.24, 2.45) is 0 Å². The van der Waals surface area contributed by atoms with E-state index in [1.165, 1.54) is 19.1 Å². The molecule has 5 heteroatoms. The van der Waals surface area contributed by atoms with E-state index in [1.54, 1.807) is 25.2 Å². The van der Waals surface area contributed by atoms with Crippen molar-refractivity contribution in [2.45, 2.75) is 4.90 Å². The van der Waals surface area contributed by atoms with E-state index in [-0.39, 0.29) is 5.97 Å². The predicted octanol–water partition coefficient (Wildman–Crippen LogP) is 0.493. The van der Waals surface area contributed by atoms with Crippen molar-refractivity contribution in [1.82, 2.24) is 4.72 Å². The molecular weight excluding hydrogens is 197 g/mol. The maximum Gasteiger partial charge on any atom is 0.339 e. The van der Waals surface area contributed by atoms with Gasteiger partial charge in [0, 0.05) is 4.90 Å². The van der Waals surface area contributed by atoms with Crippen LogP contribution in [0.4, 0.5) is 0 Å². The van der Waals surface area contributed by atoms with Gasteiger partial charge in [-0.15, -0.1) is 0 Å². The molecule has 0 unspecified atom stereocenters. The summed E-state index contributed by atoms with van der Waals surface area (Å²) in [5.41, 5.74) is 1.03. The lowest BCUT2D eigenvalue weighted by Crippen LogP contribution is -2.11. The number of rotatable bonds is 3. The molecule has 0 spiro atoms. The molecule has 0 fully saturated rings. The first kappa shape index (κ1) is 11.1. The third-order valence-corrected chi connectivity index (χ3v) is 2.40. The average molecular weight is 207 g/mol. The van der Waals surface area contributed by atoms with Crippen LogP contribution >= 0.6 is 11.9 Å². The number of methoxy groups -OCH3 is 1. The van der Waals surface area contributed by atoms with E-state index >= 15 is 0 Å².